The van der Waals surface area contributed by atoms with Crippen LogP contribution in [-0.2, 0) is 27.8 Å². The molecule has 0 saturated carbocycles. The molecule has 0 spiro atoms. The van der Waals surface area contributed by atoms with Crippen LogP contribution >= 0.6 is 11.8 Å². The third-order valence-electron chi connectivity index (χ3n) is 4.64. The van der Waals surface area contributed by atoms with E-state index < -0.39 is 5.97 Å². The molecule has 0 saturated heterocycles. The minimum atomic E-state index is -0.446. The Morgan fingerprint density at radius 2 is 1.71 bits per heavy atom. The van der Waals surface area contributed by atoms with Crippen molar-refractivity contribution in [3.63, 3.8) is 0 Å². The Bertz CT molecular complexity index is 1170. The molecule has 9 nitrogen and oxygen atoms in total. The van der Waals surface area contributed by atoms with Crippen LogP contribution in [0, 0.1) is 6.92 Å². The lowest BCUT2D eigenvalue weighted by Gasteiger charge is -2.10. The summed E-state index contributed by atoms with van der Waals surface area (Å²) in [4.78, 5) is 36.8. The Hall–Kier alpha value is -3.66. The van der Waals surface area contributed by atoms with Gasteiger partial charge in [0.15, 0.2) is 5.16 Å². The van der Waals surface area contributed by atoms with E-state index in [2.05, 4.69) is 20.8 Å². The molecule has 0 fully saturated rings. The molecule has 178 valence electrons. The van der Waals surface area contributed by atoms with Gasteiger partial charge in [0, 0.05) is 18.4 Å². The molecule has 3 aromatic rings. The van der Waals surface area contributed by atoms with Crippen LogP contribution in [0.25, 0.3) is 0 Å². The number of benzene rings is 2. The maximum Gasteiger partial charge on any atom is 0.338 e. The van der Waals surface area contributed by atoms with Crippen LogP contribution in [0.3, 0.4) is 0 Å². The van der Waals surface area contributed by atoms with E-state index in [9.17, 15) is 14.4 Å². The smallest absolute Gasteiger partial charge is 0.338 e. The van der Waals surface area contributed by atoms with Crippen molar-refractivity contribution in [2.45, 2.75) is 38.5 Å². The molecule has 2 amide bonds. The van der Waals surface area contributed by atoms with Crippen molar-refractivity contribution >= 4 is 40.9 Å². The van der Waals surface area contributed by atoms with Gasteiger partial charge < -0.3 is 19.9 Å². The third-order valence-corrected chi connectivity index (χ3v) is 5.66. The number of thioether (sulfide) groups is 1. The molecule has 0 radical (unpaired) electrons. The van der Waals surface area contributed by atoms with Crippen molar-refractivity contribution in [2.24, 2.45) is 7.05 Å². The predicted molar refractivity (Wildman–Crippen MR) is 131 cm³/mol. The minimum Gasteiger partial charge on any atom is -0.459 e. The van der Waals surface area contributed by atoms with Gasteiger partial charge in [0.25, 0.3) is 0 Å². The fraction of sp³-hybridized carbons (Fsp3) is 0.292. The number of anilines is 2. The summed E-state index contributed by atoms with van der Waals surface area (Å²) in [5.74, 6) is -0.338. The molecule has 1 heterocycles. The summed E-state index contributed by atoms with van der Waals surface area (Å²) in [6, 6.07) is 14.1. The number of hydrogen-bond acceptors (Lipinski definition) is 7. The Kier molecular flexibility index (Phi) is 8.42. The van der Waals surface area contributed by atoms with Crippen molar-refractivity contribution in [1.29, 1.82) is 0 Å². The van der Waals surface area contributed by atoms with Gasteiger partial charge in [-0.15, -0.1) is 10.2 Å². The average Bonchev–Trinajstić information content (AvgIpc) is 3.12. The average molecular weight is 482 g/mol. The molecule has 2 aromatic carbocycles. The zero-order valence-corrected chi connectivity index (χ0v) is 20.3. The van der Waals surface area contributed by atoms with Crippen molar-refractivity contribution in [1.82, 2.24) is 14.8 Å². The second-order valence-electron chi connectivity index (χ2n) is 7.92. The van der Waals surface area contributed by atoms with E-state index in [0.717, 1.165) is 5.56 Å². The maximum absolute atomic E-state index is 12.4. The molecular formula is C24H27N5O4S. The highest BCUT2D eigenvalue weighted by Gasteiger charge is 2.15. The summed E-state index contributed by atoms with van der Waals surface area (Å²) >= 11 is 1.20. The number of aromatic nitrogens is 3. The lowest BCUT2D eigenvalue weighted by Crippen LogP contribution is -2.17. The van der Waals surface area contributed by atoms with Crippen molar-refractivity contribution in [3.05, 3.63) is 65.5 Å². The normalized spacial score (nSPS) is 10.7. The first kappa shape index (κ1) is 25.0. The first-order valence-electron chi connectivity index (χ1n) is 10.7. The summed E-state index contributed by atoms with van der Waals surface area (Å²) in [5.41, 5.74) is 2.68. The van der Waals surface area contributed by atoms with Crippen LogP contribution in [0.1, 0.15) is 35.6 Å². The van der Waals surface area contributed by atoms with Crippen molar-refractivity contribution < 1.29 is 19.1 Å². The van der Waals surface area contributed by atoms with Crippen LogP contribution in [0.15, 0.2) is 53.7 Å². The van der Waals surface area contributed by atoms with Gasteiger partial charge >= 0.3 is 5.97 Å². The Morgan fingerprint density at radius 3 is 2.41 bits per heavy atom. The number of amides is 2. The van der Waals surface area contributed by atoms with Gasteiger partial charge in [-0.1, -0.05) is 35.5 Å². The van der Waals surface area contributed by atoms with Crippen LogP contribution < -0.4 is 10.6 Å². The van der Waals surface area contributed by atoms with Crippen LogP contribution in [0.2, 0.25) is 0 Å². The monoisotopic (exact) mass is 481 g/mol. The van der Waals surface area contributed by atoms with E-state index >= 15 is 0 Å². The second kappa shape index (κ2) is 11.5. The number of carbonyl (C=O) groups excluding carboxylic acids is 3. The van der Waals surface area contributed by atoms with E-state index in [1.54, 1.807) is 49.7 Å². The van der Waals surface area contributed by atoms with Gasteiger partial charge in [0.1, 0.15) is 5.82 Å². The van der Waals surface area contributed by atoms with Gasteiger partial charge in [-0.05, 0) is 51.1 Å². The lowest BCUT2D eigenvalue weighted by atomic mass is 10.2. The number of carbonyl (C=O) groups is 3. The number of rotatable bonds is 9. The molecule has 2 N–H and O–H groups in total. The molecule has 0 aliphatic rings. The number of esters is 1. The zero-order chi connectivity index (χ0) is 24.7. The molecule has 3 rings (SSSR count). The van der Waals surface area contributed by atoms with E-state index in [1.165, 1.54) is 11.8 Å². The highest BCUT2D eigenvalue weighted by Crippen LogP contribution is 2.18. The maximum atomic E-state index is 12.4. The molecular weight excluding hydrogens is 454 g/mol. The summed E-state index contributed by atoms with van der Waals surface area (Å²) in [7, 11) is 1.75. The van der Waals surface area contributed by atoms with Gasteiger partial charge in [-0.25, -0.2) is 4.79 Å². The summed E-state index contributed by atoms with van der Waals surface area (Å²) in [6.45, 7) is 5.52. The molecule has 34 heavy (non-hydrogen) atoms. The number of nitrogens with zero attached hydrogens (tertiary/aromatic N) is 3. The molecule has 0 aliphatic heterocycles. The minimum absolute atomic E-state index is 0.0589. The summed E-state index contributed by atoms with van der Waals surface area (Å²) < 4.78 is 6.87. The standard InChI is InChI=1S/C24H27N5O4S/c1-15(2)33-23(32)17-6-5-7-19(12-17)26-22(31)14-34-24-28-27-20(29(24)4)13-21(30)25-18-10-8-16(3)9-11-18/h5-12,15H,13-14H2,1-4H3,(H,25,30)(H,26,31). The molecule has 0 aliphatic carbocycles. The first-order chi connectivity index (χ1) is 16.2. The van der Waals surface area contributed by atoms with Crippen molar-refractivity contribution in [2.75, 3.05) is 16.4 Å². The Morgan fingerprint density at radius 1 is 1.00 bits per heavy atom. The highest BCUT2D eigenvalue weighted by molar-refractivity contribution is 7.99. The Balaban J connectivity index is 1.52. The summed E-state index contributed by atoms with van der Waals surface area (Å²) in [5, 5.41) is 14.3. The van der Waals surface area contributed by atoms with E-state index in [0.29, 0.717) is 27.9 Å². The van der Waals surface area contributed by atoms with Crippen LogP contribution in [-0.4, -0.2) is 44.4 Å². The Labute approximate surface area is 202 Å². The fourth-order valence-electron chi connectivity index (χ4n) is 2.94. The fourth-order valence-corrected chi connectivity index (χ4v) is 3.67. The highest BCUT2D eigenvalue weighted by atomic mass is 32.2. The van der Waals surface area contributed by atoms with Crippen LogP contribution in [0.5, 0.6) is 0 Å². The zero-order valence-electron chi connectivity index (χ0n) is 19.5. The largest absolute Gasteiger partial charge is 0.459 e. The molecule has 0 atom stereocenters. The lowest BCUT2D eigenvalue weighted by molar-refractivity contribution is -0.116. The third kappa shape index (κ3) is 7.17. The second-order valence-corrected chi connectivity index (χ2v) is 8.86. The molecule has 10 heteroatoms. The predicted octanol–water partition coefficient (Wildman–Crippen LogP) is 3.60. The first-order valence-corrected chi connectivity index (χ1v) is 11.7. The van der Waals surface area contributed by atoms with Gasteiger partial charge in [-0.3, -0.25) is 9.59 Å². The quantitative estimate of drug-likeness (QED) is 0.354. The number of aryl methyl sites for hydroxylation is 1. The van der Waals surface area contributed by atoms with Crippen molar-refractivity contribution in [3.8, 4) is 0 Å². The summed E-state index contributed by atoms with van der Waals surface area (Å²) in [6.07, 6.45) is -0.171. The van der Waals surface area contributed by atoms with Gasteiger partial charge in [0.05, 0.1) is 23.8 Å². The van der Waals surface area contributed by atoms with E-state index in [1.807, 2.05) is 31.2 Å². The van der Waals surface area contributed by atoms with E-state index in [-0.39, 0.29) is 30.1 Å². The number of hydrogen-bond donors (Lipinski definition) is 2. The SMILES string of the molecule is Cc1ccc(NC(=O)Cc2nnc(SCC(=O)Nc3cccc(C(=O)OC(C)C)c3)n2C)cc1. The number of nitrogens with one attached hydrogen (secondary N) is 2. The molecule has 0 bridgehead atoms. The van der Waals surface area contributed by atoms with Crippen LogP contribution in [0.4, 0.5) is 11.4 Å². The molecule has 1 aromatic heterocycles. The van der Waals surface area contributed by atoms with E-state index in [4.69, 9.17) is 4.74 Å². The molecule has 0 unspecified atom stereocenters. The topological polar surface area (TPSA) is 115 Å². The van der Waals surface area contributed by atoms with Gasteiger partial charge in [0.2, 0.25) is 11.8 Å². The number of ether oxygens (including phenoxy) is 1. The van der Waals surface area contributed by atoms with Gasteiger partial charge in [-0.2, -0.15) is 0 Å².